The first-order valence-corrected chi connectivity index (χ1v) is 7.06. The quantitative estimate of drug-likeness (QED) is 0.811. The molecule has 4 heteroatoms. The van der Waals surface area contributed by atoms with Crippen molar-refractivity contribution >= 4 is 11.6 Å². The predicted octanol–water partition coefficient (Wildman–Crippen LogP) is 3.24. The van der Waals surface area contributed by atoms with Crippen LogP contribution in [0.2, 0.25) is 0 Å². The van der Waals surface area contributed by atoms with Crippen LogP contribution in [-0.2, 0) is 0 Å². The number of nitrogens with one attached hydrogen (secondary N) is 1. The summed E-state index contributed by atoms with van der Waals surface area (Å²) in [7, 11) is 0. The number of nitrogens with two attached hydrogens (primary N) is 1. The van der Waals surface area contributed by atoms with Crippen LogP contribution in [-0.4, -0.2) is 16.0 Å². The summed E-state index contributed by atoms with van der Waals surface area (Å²) in [6.07, 6.45) is 5.86. The zero-order valence-electron chi connectivity index (χ0n) is 11.7. The average Bonchev–Trinajstić information content (AvgIpc) is 3.18. The minimum absolute atomic E-state index is 0.482. The maximum Gasteiger partial charge on any atom is 0.136 e. The van der Waals surface area contributed by atoms with Crippen LogP contribution < -0.4 is 11.1 Å². The van der Waals surface area contributed by atoms with Crippen LogP contribution in [0.15, 0.2) is 0 Å². The number of anilines is 2. The highest BCUT2D eigenvalue weighted by Crippen LogP contribution is 2.39. The fourth-order valence-electron chi connectivity index (χ4n) is 2.14. The fraction of sp³-hybridized carbons (Fsp3) is 0.714. The maximum atomic E-state index is 5.99. The Morgan fingerprint density at radius 3 is 2.61 bits per heavy atom. The SMILES string of the molecule is CCCC(CC)Nc1nc(C2CC2)nc(N)c1C. The molecule has 4 nitrogen and oxygen atoms in total. The molecule has 0 aromatic carbocycles. The summed E-state index contributed by atoms with van der Waals surface area (Å²) >= 11 is 0. The summed E-state index contributed by atoms with van der Waals surface area (Å²) in [5, 5.41) is 3.53. The first kappa shape index (κ1) is 13.1. The van der Waals surface area contributed by atoms with Gasteiger partial charge in [-0.15, -0.1) is 0 Å². The Bertz CT molecular complexity index is 413. The second kappa shape index (κ2) is 5.55. The number of aromatic nitrogens is 2. The van der Waals surface area contributed by atoms with E-state index in [0.717, 1.165) is 23.6 Å². The van der Waals surface area contributed by atoms with Crippen molar-refractivity contribution in [2.75, 3.05) is 11.1 Å². The van der Waals surface area contributed by atoms with Crippen molar-refractivity contribution in [1.29, 1.82) is 0 Å². The van der Waals surface area contributed by atoms with Crippen LogP contribution in [0.5, 0.6) is 0 Å². The predicted molar refractivity (Wildman–Crippen MR) is 75.8 cm³/mol. The molecule has 3 N–H and O–H groups in total. The van der Waals surface area contributed by atoms with Gasteiger partial charge in [0.1, 0.15) is 17.5 Å². The molecule has 1 saturated carbocycles. The molecule has 1 aliphatic rings. The highest BCUT2D eigenvalue weighted by Gasteiger charge is 2.28. The molecule has 100 valence electrons. The molecule has 1 heterocycles. The molecule has 0 aliphatic heterocycles. The van der Waals surface area contributed by atoms with Gasteiger partial charge >= 0.3 is 0 Å². The zero-order chi connectivity index (χ0) is 13.1. The van der Waals surface area contributed by atoms with Gasteiger partial charge in [0, 0.05) is 17.5 Å². The zero-order valence-corrected chi connectivity index (χ0v) is 11.7. The first-order valence-electron chi connectivity index (χ1n) is 7.06. The summed E-state index contributed by atoms with van der Waals surface area (Å²) in [6.45, 7) is 6.41. The summed E-state index contributed by atoms with van der Waals surface area (Å²) < 4.78 is 0. The Hall–Kier alpha value is -1.32. The summed E-state index contributed by atoms with van der Waals surface area (Å²) in [5.74, 6) is 3.03. The van der Waals surface area contributed by atoms with Gasteiger partial charge in [0.25, 0.3) is 0 Å². The van der Waals surface area contributed by atoms with Crippen LogP contribution in [0.25, 0.3) is 0 Å². The first-order chi connectivity index (χ1) is 8.65. The number of hydrogen-bond donors (Lipinski definition) is 2. The van der Waals surface area contributed by atoms with Crippen molar-refractivity contribution in [3.8, 4) is 0 Å². The summed E-state index contributed by atoms with van der Waals surface area (Å²) in [6, 6.07) is 0.482. The third-order valence-electron chi connectivity index (χ3n) is 3.61. The lowest BCUT2D eigenvalue weighted by Crippen LogP contribution is -2.20. The molecular weight excluding hydrogens is 224 g/mol. The van der Waals surface area contributed by atoms with E-state index in [2.05, 4.69) is 29.1 Å². The lowest BCUT2D eigenvalue weighted by molar-refractivity contribution is 0.619. The Morgan fingerprint density at radius 1 is 1.33 bits per heavy atom. The minimum atomic E-state index is 0.482. The van der Waals surface area contributed by atoms with Gasteiger partial charge in [0.2, 0.25) is 0 Å². The topological polar surface area (TPSA) is 63.8 Å². The molecule has 18 heavy (non-hydrogen) atoms. The molecule has 2 rings (SSSR count). The Kier molecular flexibility index (Phi) is 4.04. The number of nitrogen functional groups attached to an aromatic ring is 1. The smallest absolute Gasteiger partial charge is 0.136 e. The summed E-state index contributed by atoms with van der Waals surface area (Å²) in [5.41, 5.74) is 6.97. The number of nitrogens with zero attached hydrogens (tertiary/aromatic N) is 2. The lowest BCUT2D eigenvalue weighted by Gasteiger charge is -2.19. The molecule has 0 saturated heterocycles. The van der Waals surface area contributed by atoms with Crippen molar-refractivity contribution in [2.24, 2.45) is 0 Å². The standard InChI is InChI=1S/C14H24N4/c1-4-6-11(5-2)16-13-9(3)12(15)17-14(18-13)10-7-8-10/h10-11H,4-8H2,1-3H3,(H3,15,16,17,18). The van der Waals surface area contributed by atoms with Crippen molar-refractivity contribution in [1.82, 2.24) is 9.97 Å². The lowest BCUT2D eigenvalue weighted by atomic mass is 10.1. The third kappa shape index (κ3) is 2.92. The van der Waals surface area contributed by atoms with Crippen LogP contribution >= 0.6 is 0 Å². The van der Waals surface area contributed by atoms with E-state index in [0.29, 0.717) is 17.8 Å². The van der Waals surface area contributed by atoms with E-state index >= 15 is 0 Å². The fourth-order valence-corrected chi connectivity index (χ4v) is 2.14. The minimum Gasteiger partial charge on any atom is -0.383 e. The van der Waals surface area contributed by atoms with Crippen molar-refractivity contribution in [2.45, 2.75) is 64.8 Å². The van der Waals surface area contributed by atoms with Crippen LogP contribution in [0.1, 0.15) is 63.3 Å². The second-order valence-electron chi connectivity index (χ2n) is 5.25. The normalized spacial score (nSPS) is 16.6. The molecule has 1 aromatic rings. The molecule has 1 fully saturated rings. The highest BCUT2D eigenvalue weighted by atomic mass is 15.1. The van der Waals surface area contributed by atoms with Gasteiger partial charge in [-0.05, 0) is 32.6 Å². The number of rotatable bonds is 6. The van der Waals surface area contributed by atoms with E-state index in [-0.39, 0.29) is 0 Å². The Balaban J connectivity index is 2.19. The van der Waals surface area contributed by atoms with Gasteiger partial charge in [0.15, 0.2) is 0 Å². The van der Waals surface area contributed by atoms with Gasteiger partial charge < -0.3 is 11.1 Å². The van der Waals surface area contributed by atoms with E-state index in [9.17, 15) is 0 Å². The highest BCUT2D eigenvalue weighted by molar-refractivity contribution is 5.55. The van der Waals surface area contributed by atoms with E-state index in [4.69, 9.17) is 5.73 Å². The van der Waals surface area contributed by atoms with E-state index in [1.165, 1.54) is 25.7 Å². The molecular formula is C14H24N4. The maximum absolute atomic E-state index is 5.99. The van der Waals surface area contributed by atoms with Crippen molar-refractivity contribution in [3.05, 3.63) is 11.4 Å². The number of hydrogen-bond acceptors (Lipinski definition) is 4. The van der Waals surface area contributed by atoms with Crippen LogP contribution in [0, 0.1) is 6.92 Å². The molecule has 0 radical (unpaired) electrons. The molecule has 1 aromatic heterocycles. The van der Waals surface area contributed by atoms with E-state index in [1.54, 1.807) is 0 Å². The molecule has 1 unspecified atom stereocenters. The molecule has 1 aliphatic carbocycles. The van der Waals surface area contributed by atoms with Crippen LogP contribution in [0.4, 0.5) is 11.6 Å². The van der Waals surface area contributed by atoms with E-state index in [1.807, 2.05) is 6.92 Å². The van der Waals surface area contributed by atoms with Crippen molar-refractivity contribution < 1.29 is 0 Å². The van der Waals surface area contributed by atoms with Gasteiger partial charge in [-0.2, -0.15) is 0 Å². The molecule has 0 bridgehead atoms. The van der Waals surface area contributed by atoms with Gasteiger partial charge in [-0.1, -0.05) is 20.3 Å². The van der Waals surface area contributed by atoms with Crippen LogP contribution in [0.3, 0.4) is 0 Å². The largest absolute Gasteiger partial charge is 0.383 e. The second-order valence-corrected chi connectivity index (χ2v) is 5.25. The average molecular weight is 248 g/mol. The van der Waals surface area contributed by atoms with E-state index < -0.39 is 0 Å². The van der Waals surface area contributed by atoms with Gasteiger partial charge in [-0.25, -0.2) is 9.97 Å². The monoisotopic (exact) mass is 248 g/mol. The Morgan fingerprint density at radius 2 is 2.06 bits per heavy atom. The van der Waals surface area contributed by atoms with Crippen molar-refractivity contribution in [3.63, 3.8) is 0 Å². The van der Waals surface area contributed by atoms with Gasteiger partial charge in [0.05, 0.1) is 0 Å². The molecule has 0 amide bonds. The summed E-state index contributed by atoms with van der Waals surface area (Å²) in [4.78, 5) is 9.06. The Labute approximate surface area is 109 Å². The third-order valence-corrected chi connectivity index (χ3v) is 3.61. The molecule has 1 atom stereocenters. The molecule has 0 spiro atoms. The van der Waals surface area contributed by atoms with Gasteiger partial charge in [-0.3, -0.25) is 0 Å².